The fourth-order valence-corrected chi connectivity index (χ4v) is 1.62. The highest BCUT2D eigenvalue weighted by molar-refractivity contribution is 6.08. The number of hydrazone groups is 1. The molecule has 1 amide bonds. The fraction of sp³-hybridized carbons (Fsp3) is 0.750. The van der Waals surface area contributed by atoms with Crippen LogP contribution in [0.3, 0.4) is 0 Å². The number of rotatable bonds is 2. The van der Waals surface area contributed by atoms with E-state index in [-0.39, 0.29) is 18.4 Å². The van der Waals surface area contributed by atoms with Crippen LogP contribution < -0.4 is 0 Å². The van der Waals surface area contributed by atoms with E-state index in [1.165, 1.54) is 5.01 Å². The summed E-state index contributed by atoms with van der Waals surface area (Å²) in [4.78, 5) is 11.5. The zero-order valence-corrected chi connectivity index (χ0v) is 7.27. The molecule has 13 heavy (non-hydrogen) atoms. The number of carbonyl (C=O) groups is 1. The molecule has 2 aliphatic heterocycles. The molecule has 2 rings (SSSR count). The SMILES string of the molecule is O=C1C2COCCC2=NN1CCO. The molecule has 1 N–H and O–H groups in total. The van der Waals surface area contributed by atoms with Crippen molar-refractivity contribution in [2.24, 2.45) is 11.0 Å². The average Bonchev–Trinajstić information content (AvgIpc) is 2.46. The summed E-state index contributed by atoms with van der Waals surface area (Å²) >= 11 is 0. The lowest BCUT2D eigenvalue weighted by Gasteiger charge is -2.17. The van der Waals surface area contributed by atoms with E-state index >= 15 is 0 Å². The minimum atomic E-state index is -0.180. The second-order valence-electron chi connectivity index (χ2n) is 3.15. The Balaban J connectivity index is 2.10. The molecule has 2 aliphatic rings. The maximum Gasteiger partial charge on any atom is 0.253 e. The zero-order valence-electron chi connectivity index (χ0n) is 7.27. The molecule has 0 aromatic heterocycles. The van der Waals surface area contributed by atoms with Crippen LogP contribution in [-0.4, -0.2) is 48.1 Å². The van der Waals surface area contributed by atoms with E-state index in [0.717, 1.165) is 12.1 Å². The van der Waals surface area contributed by atoms with Gasteiger partial charge in [-0.05, 0) is 0 Å². The summed E-state index contributed by atoms with van der Waals surface area (Å²) in [6, 6.07) is 0. The van der Waals surface area contributed by atoms with Crippen molar-refractivity contribution >= 4 is 11.6 Å². The normalized spacial score (nSPS) is 27.5. The highest BCUT2D eigenvalue weighted by Crippen LogP contribution is 2.21. The van der Waals surface area contributed by atoms with Gasteiger partial charge in [-0.2, -0.15) is 5.10 Å². The van der Waals surface area contributed by atoms with Crippen molar-refractivity contribution in [2.45, 2.75) is 6.42 Å². The summed E-state index contributed by atoms with van der Waals surface area (Å²) < 4.78 is 5.19. The molecule has 0 aliphatic carbocycles. The van der Waals surface area contributed by atoms with Gasteiger partial charge in [0.2, 0.25) is 0 Å². The molecular formula is C8H12N2O3. The van der Waals surface area contributed by atoms with E-state index in [1.54, 1.807) is 0 Å². The summed E-state index contributed by atoms with van der Waals surface area (Å²) in [6.45, 7) is 1.34. The molecule has 0 saturated carbocycles. The molecule has 0 bridgehead atoms. The second kappa shape index (κ2) is 3.43. The van der Waals surface area contributed by atoms with E-state index in [4.69, 9.17) is 9.84 Å². The fourth-order valence-electron chi connectivity index (χ4n) is 1.62. The highest BCUT2D eigenvalue weighted by Gasteiger charge is 2.37. The molecule has 1 fully saturated rings. The standard InChI is InChI=1S/C8H12N2O3/c11-3-2-10-8(12)6-5-13-4-1-7(6)9-10/h6,11H,1-5H2. The van der Waals surface area contributed by atoms with Gasteiger partial charge in [0, 0.05) is 6.42 Å². The highest BCUT2D eigenvalue weighted by atomic mass is 16.5. The number of nitrogens with zero attached hydrogens (tertiary/aromatic N) is 2. The Hall–Kier alpha value is -0.940. The van der Waals surface area contributed by atoms with E-state index < -0.39 is 0 Å². The first-order valence-electron chi connectivity index (χ1n) is 4.40. The second-order valence-corrected chi connectivity index (χ2v) is 3.15. The molecule has 1 unspecified atom stereocenters. The van der Waals surface area contributed by atoms with Crippen LogP contribution in [0.15, 0.2) is 5.10 Å². The molecule has 1 atom stereocenters. The molecule has 5 heteroatoms. The van der Waals surface area contributed by atoms with E-state index in [9.17, 15) is 4.79 Å². The van der Waals surface area contributed by atoms with E-state index in [0.29, 0.717) is 19.8 Å². The van der Waals surface area contributed by atoms with Crippen molar-refractivity contribution in [2.75, 3.05) is 26.4 Å². The molecular weight excluding hydrogens is 172 g/mol. The number of aliphatic hydroxyl groups is 1. The maximum absolute atomic E-state index is 11.5. The van der Waals surface area contributed by atoms with Gasteiger partial charge in [-0.15, -0.1) is 0 Å². The molecule has 72 valence electrons. The topological polar surface area (TPSA) is 62.1 Å². The molecule has 0 spiro atoms. The Morgan fingerprint density at radius 2 is 2.54 bits per heavy atom. The van der Waals surface area contributed by atoms with Gasteiger partial charge >= 0.3 is 0 Å². The van der Waals surface area contributed by atoms with Gasteiger partial charge in [-0.3, -0.25) is 4.79 Å². The Morgan fingerprint density at radius 1 is 1.69 bits per heavy atom. The quantitative estimate of drug-likeness (QED) is 0.612. The van der Waals surface area contributed by atoms with Crippen molar-refractivity contribution in [1.82, 2.24) is 5.01 Å². The first kappa shape index (κ1) is 8.65. The van der Waals surface area contributed by atoms with Crippen molar-refractivity contribution in [3.8, 4) is 0 Å². The average molecular weight is 184 g/mol. The third-order valence-corrected chi connectivity index (χ3v) is 2.30. The number of aliphatic hydroxyl groups excluding tert-OH is 1. The summed E-state index contributed by atoms with van der Waals surface area (Å²) in [5.41, 5.74) is 0.907. The van der Waals surface area contributed by atoms with Crippen molar-refractivity contribution in [3.63, 3.8) is 0 Å². The molecule has 0 radical (unpaired) electrons. The molecule has 5 nitrogen and oxygen atoms in total. The van der Waals surface area contributed by atoms with Gasteiger partial charge in [0.25, 0.3) is 5.91 Å². The summed E-state index contributed by atoms with van der Waals surface area (Å²) in [6.07, 6.45) is 0.734. The predicted octanol–water partition coefficient (Wildman–Crippen LogP) is -0.787. The first-order chi connectivity index (χ1) is 6.33. The van der Waals surface area contributed by atoms with Crippen LogP contribution in [0, 0.1) is 5.92 Å². The third-order valence-electron chi connectivity index (χ3n) is 2.30. The molecule has 1 saturated heterocycles. The Kier molecular flexibility index (Phi) is 2.28. The number of ether oxygens (including phenoxy) is 1. The van der Waals surface area contributed by atoms with Crippen molar-refractivity contribution in [3.05, 3.63) is 0 Å². The Bertz CT molecular complexity index is 252. The lowest BCUT2D eigenvalue weighted by Crippen LogP contribution is -2.34. The minimum absolute atomic E-state index is 0.0382. The van der Waals surface area contributed by atoms with Gasteiger partial charge < -0.3 is 9.84 Å². The van der Waals surface area contributed by atoms with Gasteiger partial charge in [0.15, 0.2) is 0 Å². The van der Waals surface area contributed by atoms with Crippen LogP contribution >= 0.6 is 0 Å². The zero-order chi connectivity index (χ0) is 9.26. The minimum Gasteiger partial charge on any atom is -0.394 e. The summed E-state index contributed by atoms with van der Waals surface area (Å²) in [5, 5.41) is 14.2. The number of β-amino-alcohol motifs (C(OH)–C–C–N with tert-alkyl or cyclic N) is 1. The number of hydrogen-bond acceptors (Lipinski definition) is 4. The number of amides is 1. The Morgan fingerprint density at radius 3 is 3.23 bits per heavy atom. The van der Waals surface area contributed by atoms with E-state index in [2.05, 4.69) is 5.10 Å². The molecule has 0 aromatic rings. The van der Waals surface area contributed by atoms with Crippen LogP contribution in [0.1, 0.15) is 6.42 Å². The van der Waals surface area contributed by atoms with Gasteiger partial charge in [0.1, 0.15) is 5.92 Å². The molecule has 0 aromatic carbocycles. The predicted molar refractivity (Wildman–Crippen MR) is 45.2 cm³/mol. The third kappa shape index (κ3) is 1.45. The van der Waals surface area contributed by atoms with Crippen LogP contribution in [0.5, 0.6) is 0 Å². The lowest BCUT2D eigenvalue weighted by atomic mass is 10.0. The summed E-state index contributed by atoms with van der Waals surface area (Å²) in [5.74, 6) is -0.218. The van der Waals surface area contributed by atoms with E-state index in [1.807, 2.05) is 0 Å². The first-order valence-corrected chi connectivity index (χ1v) is 4.40. The van der Waals surface area contributed by atoms with Crippen molar-refractivity contribution < 1.29 is 14.6 Å². The van der Waals surface area contributed by atoms with Gasteiger partial charge in [-0.25, -0.2) is 5.01 Å². The van der Waals surface area contributed by atoms with Crippen LogP contribution in [0.25, 0.3) is 0 Å². The number of hydrogen-bond donors (Lipinski definition) is 1. The van der Waals surface area contributed by atoms with Crippen LogP contribution in [-0.2, 0) is 9.53 Å². The van der Waals surface area contributed by atoms with Crippen LogP contribution in [0.4, 0.5) is 0 Å². The number of carbonyl (C=O) groups excluding carboxylic acids is 1. The van der Waals surface area contributed by atoms with Gasteiger partial charge in [-0.1, -0.05) is 0 Å². The van der Waals surface area contributed by atoms with Gasteiger partial charge in [0.05, 0.1) is 32.1 Å². The number of fused-ring (bicyclic) bond motifs is 1. The Labute approximate surface area is 76.0 Å². The monoisotopic (exact) mass is 184 g/mol. The maximum atomic E-state index is 11.5. The van der Waals surface area contributed by atoms with Crippen molar-refractivity contribution in [1.29, 1.82) is 0 Å². The lowest BCUT2D eigenvalue weighted by molar-refractivity contribution is -0.133. The van der Waals surface area contributed by atoms with Crippen LogP contribution in [0.2, 0.25) is 0 Å². The summed E-state index contributed by atoms with van der Waals surface area (Å²) in [7, 11) is 0. The largest absolute Gasteiger partial charge is 0.394 e. The molecule has 2 heterocycles. The smallest absolute Gasteiger partial charge is 0.253 e.